The summed E-state index contributed by atoms with van der Waals surface area (Å²) in [5.74, 6) is 0.986. The first-order valence-corrected chi connectivity index (χ1v) is 6.55. The first-order valence-electron chi connectivity index (χ1n) is 6.17. The van der Waals surface area contributed by atoms with Gasteiger partial charge in [0.2, 0.25) is 0 Å². The van der Waals surface area contributed by atoms with E-state index in [1.54, 1.807) is 18.4 Å². The highest BCUT2D eigenvalue weighted by atomic mass is 35.5. The molecule has 0 bridgehead atoms. The van der Waals surface area contributed by atoms with Crippen LogP contribution < -0.4 is 5.32 Å². The molecule has 1 aromatic heterocycles. The van der Waals surface area contributed by atoms with Crippen molar-refractivity contribution >= 4 is 17.3 Å². The van der Waals surface area contributed by atoms with Crippen molar-refractivity contribution in [1.82, 2.24) is 0 Å². The van der Waals surface area contributed by atoms with Gasteiger partial charge >= 0.3 is 0 Å². The van der Waals surface area contributed by atoms with Gasteiger partial charge < -0.3 is 9.73 Å². The van der Waals surface area contributed by atoms with Gasteiger partial charge in [0.25, 0.3) is 0 Å². The van der Waals surface area contributed by atoms with Crippen molar-refractivity contribution in [2.45, 2.75) is 25.8 Å². The molecule has 0 saturated heterocycles. The minimum Gasteiger partial charge on any atom is -0.469 e. The first-order chi connectivity index (χ1) is 9.19. The van der Waals surface area contributed by atoms with Gasteiger partial charge in [0, 0.05) is 12.5 Å². The average Bonchev–Trinajstić information content (AvgIpc) is 2.92. The SMILES string of the molecule is CC(CCc1ccco1)Nc1ccc(C#N)cc1Cl. The molecule has 98 valence electrons. The molecule has 2 aromatic rings. The molecule has 0 radical (unpaired) electrons. The minimum atomic E-state index is 0.274. The van der Waals surface area contributed by atoms with Crippen LogP contribution in [0.5, 0.6) is 0 Å². The lowest BCUT2D eigenvalue weighted by Crippen LogP contribution is -2.16. The summed E-state index contributed by atoms with van der Waals surface area (Å²) in [6.07, 6.45) is 3.52. The highest BCUT2D eigenvalue weighted by Crippen LogP contribution is 2.24. The van der Waals surface area contributed by atoms with E-state index in [-0.39, 0.29) is 6.04 Å². The van der Waals surface area contributed by atoms with Gasteiger partial charge in [-0.1, -0.05) is 11.6 Å². The van der Waals surface area contributed by atoms with Crippen molar-refractivity contribution in [3.8, 4) is 6.07 Å². The predicted molar refractivity (Wildman–Crippen MR) is 76.3 cm³/mol. The third-order valence-corrected chi connectivity index (χ3v) is 3.22. The highest BCUT2D eigenvalue weighted by molar-refractivity contribution is 6.33. The standard InChI is InChI=1S/C15H15ClN2O/c1-11(4-6-13-3-2-8-19-13)18-15-7-5-12(10-17)9-14(15)16/h2-3,5,7-9,11,18H,4,6H2,1H3. The van der Waals surface area contributed by atoms with Gasteiger partial charge in [-0.3, -0.25) is 0 Å². The van der Waals surface area contributed by atoms with Gasteiger partial charge in [0.15, 0.2) is 0 Å². The molecule has 0 spiro atoms. The van der Waals surface area contributed by atoms with Gasteiger partial charge in [-0.2, -0.15) is 5.26 Å². The number of nitrogens with one attached hydrogen (secondary N) is 1. The molecular formula is C15H15ClN2O. The van der Waals surface area contributed by atoms with E-state index in [9.17, 15) is 0 Å². The van der Waals surface area contributed by atoms with Gasteiger partial charge in [0.1, 0.15) is 5.76 Å². The average molecular weight is 275 g/mol. The molecule has 3 nitrogen and oxygen atoms in total. The van der Waals surface area contributed by atoms with E-state index in [0.717, 1.165) is 24.3 Å². The predicted octanol–water partition coefficient (Wildman–Crippen LogP) is 4.24. The summed E-state index contributed by atoms with van der Waals surface area (Å²) in [7, 11) is 0. The Morgan fingerprint density at radius 1 is 1.42 bits per heavy atom. The number of furan rings is 1. The molecule has 1 N–H and O–H groups in total. The number of hydrogen-bond donors (Lipinski definition) is 1. The lowest BCUT2D eigenvalue weighted by molar-refractivity contribution is 0.495. The third-order valence-electron chi connectivity index (χ3n) is 2.90. The van der Waals surface area contributed by atoms with E-state index in [4.69, 9.17) is 21.3 Å². The van der Waals surface area contributed by atoms with E-state index in [0.29, 0.717) is 10.6 Å². The second-order valence-corrected chi connectivity index (χ2v) is 4.88. The number of rotatable bonds is 5. The largest absolute Gasteiger partial charge is 0.469 e. The summed E-state index contributed by atoms with van der Waals surface area (Å²) in [5, 5.41) is 12.7. The molecule has 1 aromatic carbocycles. The Morgan fingerprint density at radius 2 is 2.26 bits per heavy atom. The third kappa shape index (κ3) is 3.77. The van der Waals surface area contributed by atoms with E-state index in [1.165, 1.54) is 0 Å². The number of aryl methyl sites for hydroxylation is 1. The number of benzene rings is 1. The molecule has 4 heteroatoms. The molecule has 0 fully saturated rings. The number of nitriles is 1. The molecule has 0 saturated carbocycles. The number of nitrogens with zero attached hydrogens (tertiary/aromatic N) is 1. The maximum atomic E-state index is 8.79. The molecule has 1 heterocycles. The molecular weight excluding hydrogens is 260 g/mol. The number of anilines is 1. The van der Waals surface area contributed by atoms with Crippen molar-refractivity contribution in [2.75, 3.05) is 5.32 Å². The highest BCUT2D eigenvalue weighted by Gasteiger charge is 2.07. The normalized spacial score (nSPS) is 11.8. The Labute approximate surface area is 117 Å². The smallest absolute Gasteiger partial charge is 0.103 e. The maximum absolute atomic E-state index is 8.79. The summed E-state index contributed by atoms with van der Waals surface area (Å²) < 4.78 is 5.30. The lowest BCUT2D eigenvalue weighted by atomic mass is 10.1. The zero-order valence-electron chi connectivity index (χ0n) is 10.7. The van der Waals surface area contributed by atoms with Gasteiger partial charge in [-0.05, 0) is 43.7 Å². The Hall–Kier alpha value is -1.92. The molecule has 0 amide bonds. The molecule has 0 aliphatic rings. The fourth-order valence-electron chi connectivity index (χ4n) is 1.85. The van der Waals surface area contributed by atoms with E-state index in [1.807, 2.05) is 18.2 Å². The fourth-order valence-corrected chi connectivity index (χ4v) is 2.09. The second-order valence-electron chi connectivity index (χ2n) is 4.47. The Morgan fingerprint density at radius 3 is 2.89 bits per heavy atom. The van der Waals surface area contributed by atoms with Crippen molar-refractivity contribution in [1.29, 1.82) is 5.26 Å². The monoisotopic (exact) mass is 274 g/mol. The summed E-state index contributed by atoms with van der Waals surface area (Å²) in [5.41, 5.74) is 1.42. The summed E-state index contributed by atoms with van der Waals surface area (Å²) in [6, 6.07) is 11.5. The van der Waals surface area contributed by atoms with Crippen molar-refractivity contribution in [2.24, 2.45) is 0 Å². The maximum Gasteiger partial charge on any atom is 0.103 e. The summed E-state index contributed by atoms with van der Waals surface area (Å²) >= 11 is 6.12. The van der Waals surface area contributed by atoms with Crippen LogP contribution in [0.15, 0.2) is 41.0 Å². The van der Waals surface area contributed by atoms with Crippen LogP contribution >= 0.6 is 11.6 Å². The quantitative estimate of drug-likeness (QED) is 0.887. The lowest BCUT2D eigenvalue weighted by Gasteiger charge is -2.15. The van der Waals surface area contributed by atoms with Crippen LogP contribution in [0.1, 0.15) is 24.7 Å². The van der Waals surface area contributed by atoms with E-state index < -0.39 is 0 Å². The first kappa shape index (κ1) is 13.5. The van der Waals surface area contributed by atoms with Crippen LogP contribution in [0.2, 0.25) is 5.02 Å². The van der Waals surface area contributed by atoms with Crippen LogP contribution in [-0.2, 0) is 6.42 Å². The van der Waals surface area contributed by atoms with Crippen molar-refractivity contribution in [3.63, 3.8) is 0 Å². The minimum absolute atomic E-state index is 0.274. The zero-order valence-corrected chi connectivity index (χ0v) is 11.4. The Balaban J connectivity index is 1.91. The Kier molecular flexibility index (Phi) is 4.48. The fraction of sp³-hybridized carbons (Fsp3) is 0.267. The van der Waals surface area contributed by atoms with Crippen LogP contribution in [-0.4, -0.2) is 6.04 Å². The van der Waals surface area contributed by atoms with Crippen molar-refractivity contribution < 1.29 is 4.42 Å². The molecule has 1 atom stereocenters. The van der Waals surface area contributed by atoms with Gasteiger partial charge in [-0.25, -0.2) is 0 Å². The van der Waals surface area contributed by atoms with Gasteiger partial charge in [-0.15, -0.1) is 0 Å². The van der Waals surface area contributed by atoms with Crippen molar-refractivity contribution in [3.05, 3.63) is 52.9 Å². The molecule has 0 aliphatic carbocycles. The molecule has 0 aliphatic heterocycles. The zero-order chi connectivity index (χ0) is 13.7. The topological polar surface area (TPSA) is 49.0 Å². The van der Waals surface area contributed by atoms with E-state index >= 15 is 0 Å². The van der Waals surface area contributed by atoms with Crippen LogP contribution in [0.3, 0.4) is 0 Å². The molecule has 1 unspecified atom stereocenters. The van der Waals surface area contributed by atoms with E-state index in [2.05, 4.69) is 18.3 Å². The molecule has 19 heavy (non-hydrogen) atoms. The van der Waals surface area contributed by atoms with Crippen LogP contribution in [0.25, 0.3) is 0 Å². The van der Waals surface area contributed by atoms with Crippen LogP contribution in [0, 0.1) is 11.3 Å². The Bertz CT molecular complexity index is 572. The number of hydrogen-bond acceptors (Lipinski definition) is 3. The van der Waals surface area contributed by atoms with Crippen LogP contribution in [0.4, 0.5) is 5.69 Å². The second kappa shape index (κ2) is 6.31. The molecule has 2 rings (SSSR count). The number of halogens is 1. The summed E-state index contributed by atoms with van der Waals surface area (Å²) in [4.78, 5) is 0. The van der Waals surface area contributed by atoms with Gasteiger partial charge in [0.05, 0.1) is 28.6 Å². The summed E-state index contributed by atoms with van der Waals surface area (Å²) in [6.45, 7) is 2.09.